The number of carbonyl (C=O) groups is 1. The fraction of sp³-hybridized carbons (Fsp3) is 0.471. The average molecular weight is 335 g/mol. The Morgan fingerprint density at radius 2 is 2.09 bits per heavy atom. The van der Waals surface area contributed by atoms with Gasteiger partial charge in [0.2, 0.25) is 5.91 Å². The second-order valence-corrected chi connectivity index (χ2v) is 6.54. The van der Waals surface area contributed by atoms with E-state index in [2.05, 4.69) is 15.4 Å². The third kappa shape index (κ3) is 3.91. The van der Waals surface area contributed by atoms with Crippen molar-refractivity contribution in [3.05, 3.63) is 41.3 Å². The van der Waals surface area contributed by atoms with Crippen molar-refractivity contribution in [2.45, 2.75) is 34.1 Å². The van der Waals surface area contributed by atoms with E-state index in [1.807, 2.05) is 50.6 Å². The number of aromatic nitrogens is 3. The predicted octanol–water partition coefficient (Wildman–Crippen LogP) is 2.81. The molecular weight excluding hydrogens is 312 g/mol. The summed E-state index contributed by atoms with van der Waals surface area (Å²) in [4.78, 5) is 16.4. The summed E-state index contributed by atoms with van der Waals surface area (Å²) in [7, 11) is 0. The molecule has 0 aliphatic carbocycles. The van der Waals surface area contributed by atoms with E-state index in [0.29, 0.717) is 12.4 Å². The molecule has 2 rings (SSSR count). The molecule has 0 aliphatic heterocycles. The molecule has 0 fully saturated rings. The summed E-state index contributed by atoms with van der Waals surface area (Å²) in [5.41, 5.74) is 2.59. The predicted molar refractivity (Wildman–Crippen MR) is 92.0 cm³/mol. The topological polar surface area (TPSA) is 59.8 Å². The van der Waals surface area contributed by atoms with Crippen LogP contribution in [0.3, 0.4) is 0 Å². The Bertz CT molecular complexity index is 679. The maximum atomic E-state index is 12.1. The van der Waals surface area contributed by atoms with E-state index >= 15 is 0 Å². The molecule has 1 amide bonds. The Hall–Kier alpha value is -1.88. The van der Waals surface area contributed by atoms with Crippen molar-refractivity contribution < 1.29 is 4.79 Å². The van der Waals surface area contributed by atoms with Crippen molar-refractivity contribution in [3.63, 3.8) is 0 Å². The highest BCUT2D eigenvalue weighted by atomic mass is 35.5. The molecule has 0 bridgehead atoms. The van der Waals surface area contributed by atoms with Gasteiger partial charge in [-0.1, -0.05) is 6.07 Å². The van der Waals surface area contributed by atoms with Crippen LogP contribution in [0.2, 0.25) is 0 Å². The number of hydrogen-bond acceptors (Lipinski definition) is 3. The number of rotatable bonds is 6. The van der Waals surface area contributed by atoms with E-state index in [0.717, 1.165) is 29.2 Å². The Kier molecular flexibility index (Phi) is 5.42. The van der Waals surface area contributed by atoms with Gasteiger partial charge in [0.25, 0.3) is 0 Å². The Labute approximate surface area is 142 Å². The Balaban J connectivity index is 2.07. The van der Waals surface area contributed by atoms with Crippen LogP contribution in [0.25, 0.3) is 5.82 Å². The number of nitrogens with one attached hydrogen (secondary N) is 1. The van der Waals surface area contributed by atoms with Gasteiger partial charge in [-0.15, -0.1) is 11.6 Å². The minimum absolute atomic E-state index is 0.0278. The summed E-state index contributed by atoms with van der Waals surface area (Å²) in [5.74, 6) is 1.07. The van der Waals surface area contributed by atoms with Crippen molar-refractivity contribution in [2.75, 3.05) is 12.4 Å². The summed E-state index contributed by atoms with van der Waals surface area (Å²) < 4.78 is 1.84. The van der Waals surface area contributed by atoms with Gasteiger partial charge in [-0.2, -0.15) is 5.10 Å². The zero-order valence-electron chi connectivity index (χ0n) is 14.1. The maximum Gasteiger partial charge on any atom is 0.226 e. The maximum absolute atomic E-state index is 12.1. The lowest BCUT2D eigenvalue weighted by atomic mass is 9.95. The van der Waals surface area contributed by atoms with E-state index < -0.39 is 5.41 Å². The second-order valence-electron chi connectivity index (χ2n) is 6.27. The van der Waals surface area contributed by atoms with Gasteiger partial charge in [-0.05, 0) is 51.8 Å². The van der Waals surface area contributed by atoms with Crippen LogP contribution in [-0.4, -0.2) is 33.1 Å². The van der Waals surface area contributed by atoms with Gasteiger partial charge < -0.3 is 5.32 Å². The highest BCUT2D eigenvalue weighted by Gasteiger charge is 2.26. The lowest BCUT2D eigenvalue weighted by Crippen LogP contribution is -2.39. The molecule has 2 heterocycles. The van der Waals surface area contributed by atoms with E-state index in [-0.39, 0.29) is 5.91 Å². The van der Waals surface area contributed by atoms with Crippen molar-refractivity contribution in [1.29, 1.82) is 0 Å². The minimum Gasteiger partial charge on any atom is -0.355 e. The molecule has 0 unspecified atom stereocenters. The molecule has 5 nitrogen and oxygen atoms in total. The van der Waals surface area contributed by atoms with Crippen molar-refractivity contribution in [1.82, 2.24) is 20.1 Å². The molecule has 2 aromatic heterocycles. The van der Waals surface area contributed by atoms with Crippen LogP contribution in [0.1, 0.15) is 30.8 Å². The molecule has 0 spiro atoms. The number of alkyl halides is 1. The Morgan fingerprint density at radius 3 is 2.70 bits per heavy atom. The van der Waals surface area contributed by atoms with Crippen LogP contribution in [0.15, 0.2) is 24.4 Å². The third-order valence-electron chi connectivity index (χ3n) is 3.92. The quantitative estimate of drug-likeness (QED) is 0.826. The smallest absolute Gasteiger partial charge is 0.226 e. The highest BCUT2D eigenvalue weighted by Crippen LogP contribution is 2.18. The van der Waals surface area contributed by atoms with Crippen LogP contribution in [-0.2, 0) is 11.2 Å². The van der Waals surface area contributed by atoms with Crippen LogP contribution < -0.4 is 5.32 Å². The normalized spacial score (nSPS) is 11.5. The standard InChI is InChI=1S/C17H23ClN4O/c1-12-14(8-10-20-16(23)17(3,4)11-18)13(2)22(21-12)15-7-5-6-9-19-15/h5-7,9H,8,10-11H2,1-4H3,(H,20,23). The number of carbonyl (C=O) groups excluding carboxylic acids is 1. The summed E-state index contributed by atoms with van der Waals surface area (Å²) in [6, 6.07) is 5.74. The van der Waals surface area contributed by atoms with Gasteiger partial charge in [0.05, 0.1) is 11.1 Å². The zero-order chi connectivity index (χ0) is 17.0. The SMILES string of the molecule is Cc1nn(-c2ccccn2)c(C)c1CCNC(=O)C(C)(C)CCl. The highest BCUT2D eigenvalue weighted by molar-refractivity contribution is 6.19. The summed E-state index contributed by atoms with van der Waals surface area (Å²) in [6.07, 6.45) is 2.48. The first kappa shape index (κ1) is 17.5. The Morgan fingerprint density at radius 1 is 1.35 bits per heavy atom. The van der Waals surface area contributed by atoms with Gasteiger partial charge in [0.1, 0.15) is 0 Å². The van der Waals surface area contributed by atoms with Gasteiger partial charge in [-0.3, -0.25) is 4.79 Å². The summed E-state index contributed by atoms with van der Waals surface area (Å²) >= 11 is 5.82. The molecule has 0 aliphatic rings. The summed E-state index contributed by atoms with van der Waals surface area (Å²) in [6.45, 7) is 8.24. The molecule has 124 valence electrons. The van der Waals surface area contributed by atoms with Gasteiger partial charge in [0.15, 0.2) is 5.82 Å². The van der Waals surface area contributed by atoms with Gasteiger partial charge in [0, 0.05) is 24.3 Å². The largest absolute Gasteiger partial charge is 0.355 e. The number of pyridine rings is 1. The number of nitrogens with zero attached hydrogens (tertiary/aromatic N) is 3. The molecule has 0 aromatic carbocycles. The zero-order valence-corrected chi connectivity index (χ0v) is 14.8. The molecule has 0 saturated heterocycles. The number of hydrogen-bond donors (Lipinski definition) is 1. The average Bonchev–Trinajstić information content (AvgIpc) is 2.83. The summed E-state index contributed by atoms with van der Waals surface area (Å²) in [5, 5.41) is 7.51. The number of amides is 1. The molecule has 0 saturated carbocycles. The van der Waals surface area contributed by atoms with Crippen molar-refractivity contribution >= 4 is 17.5 Å². The van der Waals surface area contributed by atoms with Crippen LogP contribution in [0.5, 0.6) is 0 Å². The molecule has 2 aromatic rings. The molecule has 1 N–H and O–H groups in total. The second kappa shape index (κ2) is 7.13. The number of halogens is 1. The fourth-order valence-corrected chi connectivity index (χ4v) is 2.46. The van der Waals surface area contributed by atoms with Gasteiger partial charge >= 0.3 is 0 Å². The van der Waals surface area contributed by atoms with Crippen LogP contribution in [0.4, 0.5) is 0 Å². The van der Waals surface area contributed by atoms with Crippen LogP contribution in [0, 0.1) is 19.3 Å². The van der Waals surface area contributed by atoms with E-state index in [1.54, 1.807) is 6.20 Å². The minimum atomic E-state index is -0.552. The lowest BCUT2D eigenvalue weighted by molar-refractivity contribution is -0.128. The first-order valence-corrected chi connectivity index (χ1v) is 8.21. The molecule has 0 atom stereocenters. The molecule has 0 radical (unpaired) electrons. The fourth-order valence-electron chi connectivity index (χ4n) is 2.34. The lowest BCUT2D eigenvalue weighted by Gasteiger charge is -2.20. The molecular formula is C17H23ClN4O. The number of aryl methyl sites for hydroxylation is 1. The molecule has 23 heavy (non-hydrogen) atoms. The third-order valence-corrected chi connectivity index (χ3v) is 4.58. The van der Waals surface area contributed by atoms with E-state index in [4.69, 9.17) is 11.6 Å². The first-order chi connectivity index (χ1) is 10.9. The van der Waals surface area contributed by atoms with E-state index in [1.165, 1.54) is 0 Å². The van der Waals surface area contributed by atoms with Crippen molar-refractivity contribution in [2.24, 2.45) is 5.41 Å². The van der Waals surface area contributed by atoms with Crippen LogP contribution >= 0.6 is 11.6 Å². The first-order valence-electron chi connectivity index (χ1n) is 7.67. The monoisotopic (exact) mass is 334 g/mol. The molecule has 6 heteroatoms. The van der Waals surface area contributed by atoms with Crippen molar-refractivity contribution in [3.8, 4) is 5.82 Å². The van der Waals surface area contributed by atoms with E-state index in [9.17, 15) is 4.79 Å². The van der Waals surface area contributed by atoms with Gasteiger partial charge in [-0.25, -0.2) is 9.67 Å².